The van der Waals surface area contributed by atoms with E-state index in [0.29, 0.717) is 4.88 Å². The first-order valence-corrected chi connectivity index (χ1v) is 14.1. The van der Waals surface area contributed by atoms with Gasteiger partial charge in [-0.15, -0.1) is 34.9 Å². The lowest BCUT2D eigenvalue weighted by molar-refractivity contribution is 1.08. The topological polar surface area (TPSA) is 71.4 Å². The highest BCUT2D eigenvalue weighted by Crippen LogP contribution is 2.35. The summed E-state index contributed by atoms with van der Waals surface area (Å²) in [7, 11) is 0. The molecule has 0 saturated carbocycles. The molecule has 1 aromatic heterocycles. The summed E-state index contributed by atoms with van der Waals surface area (Å²) in [5.74, 6) is 7.23. The van der Waals surface area contributed by atoms with Crippen molar-refractivity contribution in [2.45, 2.75) is 19.3 Å². The smallest absolute Gasteiger partial charge is 0.148 e. The van der Waals surface area contributed by atoms with Crippen molar-refractivity contribution in [2.75, 3.05) is 34.5 Å². The van der Waals surface area contributed by atoms with Crippen LogP contribution in [0.5, 0.6) is 0 Å². The minimum Gasteiger partial charge on any atom is -0.192 e. The molecule has 2 rings (SSSR count). The van der Waals surface area contributed by atoms with E-state index in [9.17, 15) is 5.26 Å². The van der Waals surface area contributed by atoms with Gasteiger partial charge in [0.05, 0.1) is 5.57 Å². The summed E-state index contributed by atoms with van der Waals surface area (Å²) >= 11 is 9.40. The van der Waals surface area contributed by atoms with Crippen LogP contribution in [-0.4, -0.2) is 34.5 Å². The van der Waals surface area contributed by atoms with Crippen molar-refractivity contribution < 1.29 is 0 Å². The Bertz CT molecular complexity index is 788. The second kappa shape index (κ2) is 14.1. The van der Waals surface area contributed by atoms with Crippen LogP contribution in [0.25, 0.3) is 11.6 Å². The molecule has 1 aromatic rings. The quantitative estimate of drug-likeness (QED) is 0.464. The summed E-state index contributed by atoms with van der Waals surface area (Å²) in [6.07, 6.45) is 5.93. The number of hydrogen-bond acceptors (Lipinski definition) is 8. The summed E-state index contributed by atoms with van der Waals surface area (Å²) in [4.78, 5) is 1.73. The summed E-state index contributed by atoms with van der Waals surface area (Å²) in [6, 6.07) is 9.43. The lowest BCUT2D eigenvalue weighted by atomic mass is 10.1. The molecule has 0 atom stereocenters. The highest BCUT2D eigenvalue weighted by atomic mass is 32.2. The molecule has 0 bridgehead atoms. The van der Waals surface area contributed by atoms with Crippen molar-refractivity contribution in [3.63, 3.8) is 0 Å². The Balaban J connectivity index is 2.11. The van der Waals surface area contributed by atoms with Crippen LogP contribution in [0.3, 0.4) is 0 Å². The molecule has 0 spiro atoms. The van der Waals surface area contributed by atoms with Crippen LogP contribution in [-0.2, 0) is 0 Å². The van der Waals surface area contributed by atoms with Gasteiger partial charge in [-0.3, -0.25) is 0 Å². The Morgan fingerprint density at radius 1 is 0.786 bits per heavy atom. The maximum absolute atomic E-state index is 9.33. The predicted octanol–water partition coefficient (Wildman–Crippen LogP) is 6.49. The third-order valence-corrected chi connectivity index (χ3v) is 9.51. The van der Waals surface area contributed by atoms with Gasteiger partial charge < -0.3 is 0 Å². The van der Waals surface area contributed by atoms with Gasteiger partial charge in [0, 0.05) is 14.0 Å². The molecule has 28 heavy (non-hydrogen) atoms. The average molecular weight is 464 g/mol. The minimum atomic E-state index is -0.125. The van der Waals surface area contributed by atoms with E-state index in [4.69, 9.17) is 10.5 Å². The van der Waals surface area contributed by atoms with Gasteiger partial charge in [0.2, 0.25) is 0 Å². The first kappa shape index (κ1) is 23.3. The standard InChI is InChI=1S/C20H21N3S5/c21-13-16(14-22)18(15-23)19-5-4-17(28-19)12-20-26-10-2-8-24-6-1-7-25-9-3-11-27-20/h4-5,12H,1-3,6-11H2. The SMILES string of the molecule is N#CC(C#N)=C(C#N)c1ccc(C=C2SCCCSCCCSCCCS2)s1. The van der Waals surface area contributed by atoms with Gasteiger partial charge in [0.15, 0.2) is 0 Å². The fraction of sp³-hybridized carbons (Fsp3) is 0.450. The number of nitrogens with zero attached hydrogens (tertiary/aromatic N) is 3. The highest BCUT2D eigenvalue weighted by Gasteiger charge is 2.12. The zero-order valence-corrected chi connectivity index (χ0v) is 19.6. The Kier molecular flexibility index (Phi) is 11.7. The van der Waals surface area contributed by atoms with Gasteiger partial charge in [-0.1, -0.05) is 0 Å². The van der Waals surface area contributed by atoms with Crippen molar-refractivity contribution >= 4 is 70.0 Å². The summed E-state index contributed by atoms with van der Waals surface area (Å²) < 4.78 is 1.31. The van der Waals surface area contributed by atoms with Crippen molar-refractivity contribution in [3.8, 4) is 18.2 Å². The molecule has 1 aliphatic rings. The van der Waals surface area contributed by atoms with Crippen LogP contribution in [0.2, 0.25) is 0 Å². The van der Waals surface area contributed by atoms with E-state index >= 15 is 0 Å². The maximum Gasteiger partial charge on any atom is 0.148 e. The number of thioether (sulfide) groups is 4. The third-order valence-electron chi connectivity index (χ3n) is 3.65. The van der Waals surface area contributed by atoms with Crippen LogP contribution in [0.4, 0.5) is 0 Å². The number of thiophene rings is 1. The van der Waals surface area contributed by atoms with Gasteiger partial charge >= 0.3 is 0 Å². The molecule has 0 amide bonds. The largest absolute Gasteiger partial charge is 0.192 e. The monoisotopic (exact) mass is 463 g/mol. The van der Waals surface area contributed by atoms with Gasteiger partial charge in [-0.05, 0) is 72.0 Å². The molecule has 0 aromatic carbocycles. The Morgan fingerprint density at radius 2 is 1.36 bits per heavy atom. The summed E-state index contributed by atoms with van der Waals surface area (Å²) in [6.45, 7) is 0. The normalized spacial score (nSPS) is 16.7. The van der Waals surface area contributed by atoms with Gasteiger partial charge in [0.1, 0.15) is 23.8 Å². The Hall–Kier alpha value is -0.950. The van der Waals surface area contributed by atoms with E-state index in [1.807, 2.05) is 53.9 Å². The van der Waals surface area contributed by atoms with E-state index in [-0.39, 0.29) is 11.1 Å². The van der Waals surface area contributed by atoms with Crippen LogP contribution in [0, 0.1) is 34.0 Å². The lowest BCUT2D eigenvalue weighted by Gasteiger charge is -2.09. The number of rotatable bonds is 2. The molecular weight excluding hydrogens is 443 g/mol. The molecule has 0 unspecified atom stereocenters. The van der Waals surface area contributed by atoms with Crippen molar-refractivity contribution in [2.24, 2.45) is 0 Å². The van der Waals surface area contributed by atoms with Crippen LogP contribution in [0.1, 0.15) is 29.0 Å². The van der Waals surface area contributed by atoms with Crippen molar-refractivity contribution in [1.29, 1.82) is 15.8 Å². The maximum atomic E-state index is 9.33. The highest BCUT2D eigenvalue weighted by molar-refractivity contribution is 8.22. The van der Waals surface area contributed by atoms with Crippen molar-refractivity contribution in [3.05, 3.63) is 31.7 Å². The van der Waals surface area contributed by atoms with E-state index in [2.05, 4.69) is 29.6 Å². The molecule has 1 fully saturated rings. The minimum absolute atomic E-state index is 0.125. The third kappa shape index (κ3) is 8.19. The lowest BCUT2D eigenvalue weighted by Crippen LogP contribution is -1.92. The van der Waals surface area contributed by atoms with Crippen LogP contribution < -0.4 is 0 Å². The van der Waals surface area contributed by atoms with Crippen molar-refractivity contribution in [1.82, 2.24) is 0 Å². The van der Waals surface area contributed by atoms with Gasteiger partial charge in [-0.25, -0.2) is 0 Å². The summed E-state index contributed by atoms with van der Waals surface area (Å²) in [5.41, 5.74) is 0.0419. The average Bonchev–Trinajstić information content (AvgIpc) is 3.16. The fourth-order valence-electron chi connectivity index (χ4n) is 2.31. The first-order chi connectivity index (χ1) is 13.8. The molecule has 3 nitrogen and oxygen atoms in total. The molecular formula is C20H21N3S5. The number of nitriles is 3. The van der Waals surface area contributed by atoms with Gasteiger partial charge in [-0.2, -0.15) is 39.3 Å². The molecule has 0 radical (unpaired) electrons. The second-order valence-electron chi connectivity index (χ2n) is 5.73. The second-order valence-corrected chi connectivity index (χ2v) is 11.8. The van der Waals surface area contributed by atoms with E-state index in [0.717, 1.165) is 16.4 Å². The predicted molar refractivity (Wildman–Crippen MR) is 129 cm³/mol. The molecule has 1 saturated heterocycles. The first-order valence-electron chi connectivity index (χ1n) is 8.96. The molecule has 8 heteroatoms. The zero-order valence-electron chi connectivity index (χ0n) is 15.5. The molecule has 0 N–H and O–H groups in total. The molecule has 1 aliphatic heterocycles. The zero-order chi connectivity index (χ0) is 20.0. The number of allylic oxidation sites excluding steroid dienone is 2. The Morgan fingerprint density at radius 3 is 1.89 bits per heavy atom. The summed E-state index contributed by atoms with van der Waals surface area (Å²) in [5, 5.41) is 27.4. The van der Waals surface area contributed by atoms with E-state index in [1.54, 1.807) is 0 Å². The van der Waals surface area contributed by atoms with E-state index in [1.165, 1.54) is 57.8 Å². The Labute approximate surface area is 188 Å². The van der Waals surface area contributed by atoms with Crippen LogP contribution in [0.15, 0.2) is 21.9 Å². The van der Waals surface area contributed by atoms with Gasteiger partial charge in [0.25, 0.3) is 0 Å². The number of hydrogen-bond donors (Lipinski definition) is 0. The fourth-order valence-corrected chi connectivity index (χ4v) is 8.00. The molecule has 146 valence electrons. The van der Waals surface area contributed by atoms with Crippen LogP contribution >= 0.6 is 58.4 Å². The van der Waals surface area contributed by atoms with E-state index < -0.39 is 0 Å². The molecule has 0 aliphatic carbocycles. The molecule has 2 heterocycles.